The van der Waals surface area contributed by atoms with E-state index in [1.165, 1.54) is 0 Å². The molecule has 1 aromatic rings. The summed E-state index contributed by atoms with van der Waals surface area (Å²) in [5.74, 6) is 0.144. The van der Waals surface area contributed by atoms with Crippen molar-refractivity contribution in [3.63, 3.8) is 0 Å². The molecule has 0 spiro atoms. The van der Waals surface area contributed by atoms with E-state index in [-0.39, 0.29) is 5.84 Å². The summed E-state index contributed by atoms with van der Waals surface area (Å²) in [4.78, 5) is 4.55. The number of hydrogen-bond donors (Lipinski definition) is 2. The molecule has 1 fully saturated rings. The van der Waals surface area contributed by atoms with Crippen LogP contribution in [0.25, 0.3) is 0 Å². The lowest BCUT2D eigenvalue weighted by molar-refractivity contribution is 0.312. The average molecular weight is 313 g/mol. The van der Waals surface area contributed by atoms with Crippen LogP contribution >= 0.6 is 15.9 Å². The molecule has 6 heteroatoms. The van der Waals surface area contributed by atoms with Gasteiger partial charge in [-0.05, 0) is 25.2 Å². The van der Waals surface area contributed by atoms with E-state index in [4.69, 9.17) is 10.9 Å². The monoisotopic (exact) mass is 312 g/mol. The van der Waals surface area contributed by atoms with Gasteiger partial charge in [-0.25, -0.2) is 0 Å². The van der Waals surface area contributed by atoms with Gasteiger partial charge in [0.05, 0.1) is 0 Å². The molecule has 1 aliphatic heterocycles. The molecule has 0 amide bonds. The Morgan fingerprint density at radius 1 is 1.33 bits per heavy atom. The number of hydrogen-bond acceptors (Lipinski definition) is 4. The van der Waals surface area contributed by atoms with E-state index in [0.717, 1.165) is 41.9 Å². The number of oxime groups is 1. The van der Waals surface area contributed by atoms with Crippen LogP contribution in [0.4, 0.5) is 5.69 Å². The summed E-state index contributed by atoms with van der Waals surface area (Å²) in [6.07, 6.45) is 0. The lowest BCUT2D eigenvalue weighted by Gasteiger charge is -2.35. The van der Waals surface area contributed by atoms with Crippen molar-refractivity contribution >= 4 is 27.5 Å². The van der Waals surface area contributed by atoms with Gasteiger partial charge < -0.3 is 20.7 Å². The van der Waals surface area contributed by atoms with E-state index in [2.05, 4.69) is 37.9 Å². The smallest absolute Gasteiger partial charge is 0.172 e. The van der Waals surface area contributed by atoms with Gasteiger partial charge in [0.1, 0.15) is 0 Å². The highest BCUT2D eigenvalue weighted by Gasteiger charge is 2.18. The summed E-state index contributed by atoms with van der Waals surface area (Å²) in [5, 5.41) is 12.0. The molecule has 0 bridgehead atoms. The molecule has 2 rings (SSSR count). The SMILES string of the molecule is CN1CCN(c2ccc(Br)cc2/C(N)=N/O)CC1. The number of nitrogens with two attached hydrogens (primary N) is 1. The second-order valence-electron chi connectivity index (χ2n) is 4.44. The van der Waals surface area contributed by atoms with Gasteiger partial charge in [0, 0.05) is 41.9 Å². The topological polar surface area (TPSA) is 65.1 Å². The molecule has 0 saturated carbocycles. The molecule has 0 aromatic heterocycles. The van der Waals surface area contributed by atoms with Crippen molar-refractivity contribution in [1.82, 2.24) is 4.90 Å². The van der Waals surface area contributed by atoms with Crippen molar-refractivity contribution in [3.05, 3.63) is 28.2 Å². The molecule has 0 radical (unpaired) electrons. The Labute approximate surface area is 115 Å². The number of halogens is 1. The van der Waals surface area contributed by atoms with Crippen LogP contribution in [0.1, 0.15) is 5.56 Å². The van der Waals surface area contributed by atoms with E-state index in [0.29, 0.717) is 0 Å². The first-order chi connectivity index (χ1) is 8.61. The quantitative estimate of drug-likeness (QED) is 0.374. The molecular weight excluding hydrogens is 296 g/mol. The van der Waals surface area contributed by atoms with Gasteiger partial charge in [-0.2, -0.15) is 0 Å². The Balaban J connectivity index is 2.32. The number of anilines is 1. The molecule has 0 unspecified atom stereocenters. The summed E-state index contributed by atoms with van der Waals surface area (Å²) in [6, 6.07) is 5.85. The van der Waals surface area contributed by atoms with E-state index >= 15 is 0 Å². The summed E-state index contributed by atoms with van der Waals surface area (Å²) >= 11 is 3.41. The van der Waals surface area contributed by atoms with Gasteiger partial charge >= 0.3 is 0 Å². The third kappa shape index (κ3) is 2.76. The second kappa shape index (κ2) is 5.58. The Morgan fingerprint density at radius 2 is 2.00 bits per heavy atom. The highest BCUT2D eigenvalue weighted by molar-refractivity contribution is 9.10. The predicted molar refractivity (Wildman–Crippen MR) is 76.4 cm³/mol. The van der Waals surface area contributed by atoms with Crippen LogP contribution in [-0.4, -0.2) is 49.2 Å². The predicted octanol–water partition coefficient (Wildman–Crippen LogP) is 1.30. The third-order valence-electron chi connectivity index (χ3n) is 3.19. The van der Waals surface area contributed by atoms with Gasteiger partial charge in [0.25, 0.3) is 0 Å². The summed E-state index contributed by atoms with van der Waals surface area (Å²) in [7, 11) is 2.11. The fourth-order valence-electron chi connectivity index (χ4n) is 2.09. The van der Waals surface area contributed by atoms with Gasteiger partial charge in [0.2, 0.25) is 0 Å². The van der Waals surface area contributed by atoms with Crippen molar-refractivity contribution in [3.8, 4) is 0 Å². The molecule has 5 nitrogen and oxygen atoms in total. The van der Waals surface area contributed by atoms with Crippen molar-refractivity contribution in [2.24, 2.45) is 10.9 Å². The highest BCUT2D eigenvalue weighted by Crippen LogP contribution is 2.25. The first-order valence-corrected chi connectivity index (χ1v) is 6.62. The Morgan fingerprint density at radius 3 is 2.61 bits per heavy atom. The number of piperazine rings is 1. The van der Waals surface area contributed by atoms with E-state index in [1.54, 1.807) is 0 Å². The number of likely N-dealkylation sites (N-methyl/N-ethyl adjacent to an activating group) is 1. The van der Waals surface area contributed by atoms with Crippen LogP contribution < -0.4 is 10.6 Å². The molecule has 98 valence electrons. The average Bonchev–Trinajstić information content (AvgIpc) is 2.39. The van der Waals surface area contributed by atoms with E-state index in [1.807, 2.05) is 18.2 Å². The van der Waals surface area contributed by atoms with Gasteiger partial charge in [-0.3, -0.25) is 0 Å². The third-order valence-corrected chi connectivity index (χ3v) is 3.68. The van der Waals surface area contributed by atoms with Gasteiger partial charge in [0.15, 0.2) is 5.84 Å². The van der Waals surface area contributed by atoms with Crippen molar-refractivity contribution < 1.29 is 5.21 Å². The zero-order valence-corrected chi connectivity index (χ0v) is 11.9. The van der Waals surface area contributed by atoms with Crippen LogP contribution in [0.2, 0.25) is 0 Å². The number of benzene rings is 1. The Hall–Kier alpha value is -1.27. The second-order valence-corrected chi connectivity index (χ2v) is 5.35. The standard InChI is InChI=1S/C12H17BrN4O/c1-16-4-6-17(7-5-16)11-3-2-9(13)8-10(11)12(14)15-18/h2-3,8,18H,4-7H2,1H3,(H2,14,15). The van der Waals surface area contributed by atoms with Crippen LogP contribution in [0.3, 0.4) is 0 Å². The first kappa shape index (κ1) is 13.2. The van der Waals surface area contributed by atoms with Crippen LogP contribution in [0, 0.1) is 0 Å². The normalized spacial score (nSPS) is 18.1. The lowest BCUT2D eigenvalue weighted by Crippen LogP contribution is -2.45. The Kier molecular flexibility index (Phi) is 4.08. The van der Waals surface area contributed by atoms with Crippen LogP contribution in [0.15, 0.2) is 27.8 Å². The molecule has 18 heavy (non-hydrogen) atoms. The maximum atomic E-state index is 8.86. The molecule has 3 N–H and O–H groups in total. The van der Waals surface area contributed by atoms with Crippen LogP contribution in [0.5, 0.6) is 0 Å². The minimum Gasteiger partial charge on any atom is -0.409 e. The summed E-state index contributed by atoms with van der Waals surface area (Å²) in [6.45, 7) is 3.94. The lowest BCUT2D eigenvalue weighted by atomic mass is 10.1. The molecule has 1 aliphatic rings. The van der Waals surface area contributed by atoms with Gasteiger partial charge in [-0.15, -0.1) is 0 Å². The molecule has 0 atom stereocenters. The number of rotatable bonds is 2. The number of amidine groups is 1. The zero-order valence-electron chi connectivity index (χ0n) is 10.3. The van der Waals surface area contributed by atoms with Crippen molar-refractivity contribution in [2.45, 2.75) is 0 Å². The van der Waals surface area contributed by atoms with Crippen molar-refractivity contribution in [2.75, 3.05) is 38.1 Å². The molecule has 1 saturated heterocycles. The van der Waals surface area contributed by atoms with E-state index < -0.39 is 0 Å². The molecular formula is C12H17BrN4O. The van der Waals surface area contributed by atoms with E-state index in [9.17, 15) is 0 Å². The molecule has 1 aromatic carbocycles. The fourth-order valence-corrected chi connectivity index (χ4v) is 2.45. The molecule has 0 aliphatic carbocycles. The highest BCUT2D eigenvalue weighted by atomic mass is 79.9. The Bertz CT molecular complexity index is 455. The minimum atomic E-state index is 0.144. The van der Waals surface area contributed by atoms with Gasteiger partial charge in [-0.1, -0.05) is 21.1 Å². The summed E-state index contributed by atoms with van der Waals surface area (Å²) < 4.78 is 0.918. The number of nitrogens with zero attached hydrogens (tertiary/aromatic N) is 3. The zero-order chi connectivity index (χ0) is 13.1. The maximum Gasteiger partial charge on any atom is 0.172 e. The maximum absolute atomic E-state index is 8.86. The molecule has 1 heterocycles. The van der Waals surface area contributed by atoms with Crippen LogP contribution in [-0.2, 0) is 0 Å². The summed E-state index contributed by atoms with van der Waals surface area (Å²) in [5.41, 5.74) is 7.52. The minimum absolute atomic E-state index is 0.144. The fraction of sp³-hybridized carbons (Fsp3) is 0.417. The van der Waals surface area contributed by atoms with Crippen molar-refractivity contribution in [1.29, 1.82) is 0 Å². The largest absolute Gasteiger partial charge is 0.409 e. The first-order valence-electron chi connectivity index (χ1n) is 5.83.